The number of hydrogen-bond donors (Lipinski definition) is 4. The third kappa shape index (κ3) is 3.12. The normalized spacial score (nSPS) is 35.8. The van der Waals surface area contributed by atoms with Gasteiger partial charge in [0.1, 0.15) is 24.1 Å². The van der Waals surface area contributed by atoms with Crippen molar-refractivity contribution in [1.82, 2.24) is 0 Å². The minimum absolute atomic E-state index is 0.297. The molecule has 1 aromatic carbocycles. The van der Waals surface area contributed by atoms with Crippen molar-refractivity contribution in [2.24, 2.45) is 4.99 Å². The van der Waals surface area contributed by atoms with E-state index in [2.05, 4.69) is 17.2 Å². The minimum Gasteiger partial charge on any atom is -0.440 e. The molecule has 1 aliphatic rings. The first kappa shape index (κ1) is 16.0. The maximum atomic E-state index is 10.1. The first-order chi connectivity index (χ1) is 10.0. The van der Waals surface area contributed by atoms with Gasteiger partial charge in [0.05, 0.1) is 11.8 Å². The zero-order valence-electron chi connectivity index (χ0n) is 10.9. The summed E-state index contributed by atoms with van der Waals surface area (Å²) < 4.78 is 10.8. The maximum absolute atomic E-state index is 10.1. The number of hydrogen-bond acceptors (Lipinski definition) is 8. The van der Waals surface area contributed by atoms with Gasteiger partial charge in [0, 0.05) is 0 Å². The number of ether oxygens (including phenoxy) is 2. The van der Waals surface area contributed by atoms with Crippen LogP contribution in [0.3, 0.4) is 0 Å². The van der Waals surface area contributed by atoms with Crippen LogP contribution < -0.4 is 4.74 Å². The third-order valence-corrected chi connectivity index (χ3v) is 3.23. The Morgan fingerprint density at radius 1 is 1.24 bits per heavy atom. The highest BCUT2D eigenvalue weighted by Crippen LogP contribution is 2.33. The molecule has 0 spiro atoms. The van der Waals surface area contributed by atoms with Crippen molar-refractivity contribution < 1.29 is 29.9 Å². The summed E-state index contributed by atoms with van der Waals surface area (Å²) in [5.41, 5.74) is 0. The van der Waals surface area contributed by atoms with Gasteiger partial charge in [-0.05, 0) is 24.4 Å². The maximum Gasteiger partial charge on any atom is 0.351 e. The summed E-state index contributed by atoms with van der Waals surface area (Å²) in [5.74, 6) is -1.79. The largest absolute Gasteiger partial charge is 0.440 e. The number of aliphatic hydroxyl groups is 4. The molecule has 0 aromatic heterocycles. The Morgan fingerprint density at radius 2 is 1.90 bits per heavy atom. The van der Waals surface area contributed by atoms with Crippen LogP contribution in [0.5, 0.6) is 5.75 Å². The van der Waals surface area contributed by atoms with Crippen LogP contribution in [0.2, 0.25) is 0 Å². The Morgan fingerprint density at radius 3 is 2.48 bits per heavy atom. The molecule has 0 aliphatic carbocycles. The lowest BCUT2D eigenvalue weighted by Gasteiger charge is -2.44. The number of benzene rings is 1. The van der Waals surface area contributed by atoms with Crippen molar-refractivity contribution in [3.63, 3.8) is 0 Å². The average molecular weight is 313 g/mol. The molecule has 0 radical (unpaired) electrons. The van der Waals surface area contributed by atoms with E-state index >= 15 is 0 Å². The lowest BCUT2D eigenvalue weighted by molar-refractivity contribution is -0.333. The average Bonchev–Trinajstić information content (AvgIpc) is 2.50. The molecular formula is C13H15NO6S. The molecule has 1 aromatic rings. The van der Waals surface area contributed by atoms with Gasteiger partial charge in [0.25, 0.3) is 0 Å². The van der Waals surface area contributed by atoms with Crippen LogP contribution in [0.1, 0.15) is 0 Å². The summed E-state index contributed by atoms with van der Waals surface area (Å²) in [4.78, 5) is 3.66. The van der Waals surface area contributed by atoms with Crippen molar-refractivity contribution in [2.45, 2.75) is 30.3 Å². The standard InChI is InChI=1S/C13H15NO6S/c15-6-9-10(16)11(17)12(18)13(20-9,14-7-21)19-8-4-2-1-3-5-8/h1-5,9-12,15-18H,6H2/t9-,10-,11+,12+,13-/m1/s1. The lowest BCUT2D eigenvalue weighted by Crippen LogP contribution is -2.66. The van der Waals surface area contributed by atoms with E-state index in [1.165, 1.54) is 0 Å². The van der Waals surface area contributed by atoms with E-state index in [0.717, 1.165) is 0 Å². The number of rotatable bonds is 4. The molecule has 1 fully saturated rings. The number of aliphatic hydroxyl groups excluding tert-OH is 4. The van der Waals surface area contributed by atoms with E-state index in [0.29, 0.717) is 5.75 Å². The van der Waals surface area contributed by atoms with Gasteiger partial charge in [-0.2, -0.15) is 4.99 Å². The van der Waals surface area contributed by atoms with Crippen LogP contribution >= 0.6 is 12.2 Å². The summed E-state index contributed by atoms with van der Waals surface area (Å²) in [6.45, 7) is -0.599. The zero-order chi connectivity index (χ0) is 15.5. The lowest BCUT2D eigenvalue weighted by atomic mass is 9.96. The molecule has 114 valence electrons. The molecule has 5 atom stereocenters. The Bertz CT molecular complexity index is 521. The Labute approximate surface area is 126 Å². The molecule has 2 rings (SSSR count). The summed E-state index contributed by atoms with van der Waals surface area (Å²) in [6, 6.07) is 8.31. The molecule has 0 amide bonds. The highest BCUT2D eigenvalue weighted by Gasteiger charge is 2.56. The highest BCUT2D eigenvalue weighted by atomic mass is 32.1. The molecule has 0 unspecified atom stereocenters. The smallest absolute Gasteiger partial charge is 0.351 e. The summed E-state index contributed by atoms with van der Waals surface area (Å²) in [7, 11) is 0. The molecule has 0 saturated carbocycles. The number of isothiocyanates is 1. The van der Waals surface area contributed by atoms with E-state index in [9.17, 15) is 20.4 Å². The minimum atomic E-state index is -2.09. The molecule has 1 heterocycles. The first-order valence-corrected chi connectivity index (χ1v) is 6.61. The molecule has 4 N–H and O–H groups in total. The fraction of sp³-hybridized carbons (Fsp3) is 0.462. The molecule has 8 heteroatoms. The van der Waals surface area contributed by atoms with Crippen LogP contribution in [-0.4, -0.2) is 62.5 Å². The van der Waals surface area contributed by atoms with Gasteiger partial charge < -0.3 is 29.9 Å². The van der Waals surface area contributed by atoms with E-state index in [-0.39, 0.29) is 0 Å². The molecule has 21 heavy (non-hydrogen) atoms. The Hall–Kier alpha value is -1.38. The summed E-state index contributed by atoms with van der Waals surface area (Å²) in [5, 5.41) is 41.0. The predicted molar refractivity (Wildman–Crippen MR) is 74.8 cm³/mol. The summed E-state index contributed by atoms with van der Waals surface area (Å²) >= 11 is 4.52. The van der Waals surface area contributed by atoms with E-state index in [1.807, 2.05) is 5.16 Å². The van der Waals surface area contributed by atoms with Crippen LogP contribution in [0.4, 0.5) is 0 Å². The van der Waals surface area contributed by atoms with Crippen LogP contribution in [0.25, 0.3) is 0 Å². The highest BCUT2D eigenvalue weighted by molar-refractivity contribution is 7.78. The fourth-order valence-electron chi connectivity index (χ4n) is 2.04. The van der Waals surface area contributed by atoms with Gasteiger partial charge in [-0.15, -0.1) is 0 Å². The predicted octanol–water partition coefficient (Wildman–Crippen LogP) is -0.704. The van der Waals surface area contributed by atoms with Crippen molar-refractivity contribution in [3.05, 3.63) is 30.3 Å². The van der Waals surface area contributed by atoms with E-state index in [1.54, 1.807) is 30.3 Å². The van der Waals surface area contributed by atoms with E-state index < -0.39 is 36.9 Å². The second kappa shape index (κ2) is 6.59. The zero-order valence-corrected chi connectivity index (χ0v) is 11.7. The van der Waals surface area contributed by atoms with Crippen molar-refractivity contribution in [2.75, 3.05) is 6.61 Å². The number of para-hydroxylation sites is 1. The summed E-state index contributed by atoms with van der Waals surface area (Å²) in [6.07, 6.45) is -6.03. The van der Waals surface area contributed by atoms with Gasteiger partial charge >= 0.3 is 5.91 Å². The van der Waals surface area contributed by atoms with Crippen LogP contribution in [-0.2, 0) is 4.74 Å². The Balaban J connectivity index is 2.37. The monoisotopic (exact) mass is 313 g/mol. The van der Waals surface area contributed by atoms with Gasteiger partial charge in [-0.3, -0.25) is 0 Å². The molecule has 7 nitrogen and oxygen atoms in total. The van der Waals surface area contributed by atoms with Gasteiger partial charge in [0.2, 0.25) is 0 Å². The first-order valence-electron chi connectivity index (χ1n) is 6.20. The number of aliphatic imine (C=N–C) groups is 1. The molecule has 0 bridgehead atoms. The molecule has 1 aliphatic heterocycles. The topological polar surface area (TPSA) is 112 Å². The third-order valence-electron chi connectivity index (χ3n) is 3.14. The molecular weight excluding hydrogens is 298 g/mol. The van der Waals surface area contributed by atoms with Crippen LogP contribution in [0, 0.1) is 0 Å². The quantitative estimate of drug-likeness (QED) is 0.429. The molecule has 1 saturated heterocycles. The Kier molecular flexibility index (Phi) is 5.02. The van der Waals surface area contributed by atoms with E-state index in [4.69, 9.17) is 9.47 Å². The number of nitrogens with zero attached hydrogens (tertiary/aromatic N) is 1. The second-order valence-corrected chi connectivity index (χ2v) is 4.70. The van der Waals surface area contributed by atoms with Gasteiger partial charge in [-0.1, -0.05) is 18.2 Å². The van der Waals surface area contributed by atoms with Crippen molar-refractivity contribution >= 4 is 17.4 Å². The SMILES string of the molecule is OC[C@H]1O[C@](N=C=S)(Oc2ccccc2)[C@@H](O)[C@@H](O)[C@@H]1O. The number of thiocarbonyl (C=S) groups is 1. The fourth-order valence-corrected chi connectivity index (χ4v) is 2.17. The van der Waals surface area contributed by atoms with Crippen molar-refractivity contribution in [1.29, 1.82) is 0 Å². The van der Waals surface area contributed by atoms with Gasteiger partial charge in [0.15, 0.2) is 6.10 Å². The second-order valence-electron chi connectivity index (χ2n) is 4.51. The van der Waals surface area contributed by atoms with Crippen molar-refractivity contribution in [3.8, 4) is 5.75 Å². The van der Waals surface area contributed by atoms with Gasteiger partial charge in [-0.25, -0.2) is 0 Å². The van der Waals surface area contributed by atoms with Crippen LogP contribution in [0.15, 0.2) is 35.3 Å².